The molecule has 1 fully saturated rings. The lowest BCUT2D eigenvalue weighted by atomic mass is 10.1. The van der Waals surface area contributed by atoms with Gasteiger partial charge in [0.1, 0.15) is 10.8 Å². The van der Waals surface area contributed by atoms with E-state index in [-0.39, 0.29) is 11.7 Å². The second-order valence-electron chi connectivity index (χ2n) is 8.02. The van der Waals surface area contributed by atoms with E-state index in [1.54, 1.807) is 25.6 Å². The van der Waals surface area contributed by atoms with Gasteiger partial charge in [-0.3, -0.25) is 4.79 Å². The first-order valence-corrected chi connectivity index (χ1v) is 12.0. The fourth-order valence-electron chi connectivity index (χ4n) is 3.89. The summed E-state index contributed by atoms with van der Waals surface area (Å²) in [7, 11) is 1.61. The highest BCUT2D eigenvalue weighted by Gasteiger charge is 2.22. The minimum atomic E-state index is -0.0930. The zero-order chi connectivity index (χ0) is 23.2. The molecular formula is C25H29N5O2S. The largest absolute Gasteiger partial charge is 0.497 e. The van der Waals surface area contributed by atoms with E-state index in [2.05, 4.69) is 57.1 Å². The molecule has 1 aliphatic rings. The number of nitrogens with one attached hydrogen (secondary N) is 1. The average Bonchev–Trinajstić information content (AvgIpc) is 2.85. The van der Waals surface area contributed by atoms with Crippen molar-refractivity contribution in [2.24, 2.45) is 0 Å². The quantitative estimate of drug-likeness (QED) is 0.528. The molecule has 3 aromatic rings. The number of anilines is 3. The van der Waals surface area contributed by atoms with Crippen molar-refractivity contribution in [1.29, 1.82) is 0 Å². The summed E-state index contributed by atoms with van der Waals surface area (Å²) in [5.41, 5.74) is 4.59. The minimum Gasteiger partial charge on any atom is -0.497 e. The van der Waals surface area contributed by atoms with Crippen LogP contribution in [0.1, 0.15) is 11.1 Å². The number of ether oxygens (including phenoxy) is 1. The van der Waals surface area contributed by atoms with Gasteiger partial charge in [0.15, 0.2) is 5.82 Å². The molecule has 0 atom stereocenters. The van der Waals surface area contributed by atoms with Crippen LogP contribution in [0.5, 0.6) is 5.75 Å². The second kappa shape index (κ2) is 10.6. The third kappa shape index (κ3) is 5.76. The molecule has 0 radical (unpaired) electrons. The number of rotatable bonds is 7. The zero-order valence-electron chi connectivity index (χ0n) is 19.2. The summed E-state index contributed by atoms with van der Waals surface area (Å²) in [6.45, 7) is 7.84. The molecule has 4 rings (SSSR count). The molecule has 0 saturated carbocycles. The van der Waals surface area contributed by atoms with Gasteiger partial charge < -0.3 is 19.9 Å². The van der Waals surface area contributed by atoms with Gasteiger partial charge in [0.25, 0.3) is 0 Å². The van der Waals surface area contributed by atoms with Crippen molar-refractivity contribution in [3.8, 4) is 5.75 Å². The van der Waals surface area contributed by atoms with Crippen LogP contribution in [-0.4, -0.2) is 54.9 Å². The molecular weight excluding hydrogens is 434 g/mol. The lowest BCUT2D eigenvalue weighted by Crippen LogP contribution is -2.47. The van der Waals surface area contributed by atoms with Gasteiger partial charge in [0.05, 0.1) is 12.9 Å². The molecule has 172 valence electrons. The number of methoxy groups -OCH3 is 1. The fourth-order valence-corrected chi connectivity index (χ4v) is 4.67. The van der Waals surface area contributed by atoms with Crippen LogP contribution in [0, 0.1) is 13.8 Å². The van der Waals surface area contributed by atoms with E-state index in [0.29, 0.717) is 11.4 Å². The first-order chi connectivity index (χ1) is 16.0. The molecule has 1 N–H and O–H groups in total. The fraction of sp³-hybridized carbons (Fsp3) is 0.320. The van der Waals surface area contributed by atoms with Gasteiger partial charge >= 0.3 is 0 Å². The molecule has 0 unspecified atom stereocenters. The predicted molar refractivity (Wildman–Crippen MR) is 135 cm³/mol. The van der Waals surface area contributed by atoms with Crippen LogP contribution in [0.3, 0.4) is 0 Å². The Kier molecular flexibility index (Phi) is 7.34. The Balaban J connectivity index is 1.37. The Hall–Kier alpha value is -3.26. The van der Waals surface area contributed by atoms with E-state index in [4.69, 9.17) is 4.74 Å². The van der Waals surface area contributed by atoms with E-state index >= 15 is 0 Å². The highest BCUT2D eigenvalue weighted by molar-refractivity contribution is 8.00. The summed E-state index contributed by atoms with van der Waals surface area (Å²) in [4.78, 5) is 26.3. The molecule has 1 amide bonds. The van der Waals surface area contributed by atoms with E-state index in [1.807, 2.05) is 18.2 Å². The average molecular weight is 464 g/mol. The van der Waals surface area contributed by atoms with Crippen LogP contribution in [-0.2, 0) is 4.79 Å². The van der Waals surface area contributed by atoms with Crippen molar-refractivity contribution in [1.82, 2.24) is 9.97 Å². The van der Waals surface area contributed by atoms with Crippen LogP contribution in [0.4, 0.5) is 17.2 Å². The topological polar surface area (TPSA) is 70.6 Å². The second-order valence-corrected chi connectivity index (χ2v) is 8.98. The molecule has 0 spiro atoms. The highest BCUT2D eigenvalue weighted by atomic mass is 32.2. The highest BCUT2D eigenvalue weighted by Crippen LogP contribution is 2.29. The monoisotopic (exact) mass is 463 g/mol. The maximum Gasteiger partial charge on any atom is 0.234 e. The minimum absolute atomic E-state index is 0.0930. The normalized spacial score (nSPS) is 13.7. The van der Waals surface area contributed by atoms with E-state index < -0.39 is 0 Å². The van der Waals surface area contributed by atoms with Gasteiger partial charge in [-0.25, -0.2) is 9.97 Å². The smallest absolute Gasteiger partial charge is 0.234 e. The number of carbonyl (C=O) groups excluding carboxylic acids is 1. The molecule has 33 heavy (non-hydrogen) atoms. The Bertz CT molecular complexity index is 1120. The van der Waals surface area contributed by atoms with Crippen molar-refractivity contribution in [2.75, 3.05) is 54.2 Å². The van der Waals surface area contributed by atoms with Crippen molar-refractivity contribution in [2.45, 2.75) is 18.9 Å². The third-order valence-corrected chi connectivity index (χ3v) is 6.59. The number of aryl methyl sites for hydroxylation is 2. The third-order valence-electron chi connectivity index (χ3n) is 5.62. The summed E-state index contributed by atoms with van der Waals surface area (Å²) in [6, 6.07) is 13.9. The van der Waals surface area contributed by atoms with Gasteiger partial charge in [-0.15, -0.1) is 0 Å². The van der Waals surface area contributed by atoms with E-state index in [0.717, 1.165) is 37.0 Å². The van der Waals surface area contributed by atoms with E-state index in [1.165, 1.54) is 28.6 Å². The van der Waals surface area contributed by atoms with E-state index in [9.17, 15) is 4.79 Å². The molecule has 1 aromatic heterocycles. The Morgan fingerprint density at radius 2 is 1.79 bits per heavy atom. The number of aromatic nitrogens is 2. The van der Waals surface area contributed by atoms with Crippen molar-refractivity contribution < 1.29 is 9.53 Å². The summed E-state index contributed by atoms with van der Waals surface area (Å²) in [6.07, 6.45) is 3.39. The van der Waals surface area contributed by atoms with Crippen LogP contribution in [0.15, 0.2) is 59.9 Å². The van der Waals surface area contributed by atoms with Crippen LogP contribution >= 0.6 is 11.8 Å². The summed E-state index contributed by atoms with van der Waals surface area (Å²) in [5.74, 6) is 1.71. The number of benzene rings is 2. The number of hydrogen-bond acceptors (Lipinski definition) is 7. The van der Waals surface area contributed by atoms with Gasteiger partial charge in [0, 0.05) is 56.0 Å². The molecule has 0 aliphatic carbocycles. The summed E-state index contributed by atoms with van der Waals surface area (Å²) in [5, 5.41) is 3.69. The summed E-state index contributed by atoms with van der Waals surface area (Å²) < 4.78 is 5.21. The number of nitrogens with zero attached hydrogens (tertiary/aromatic N) is 4. The first-order valence-electron chi connectivity index (χ1n) is 11.0. The number of hydrogen-bond donors (Lipinski definition) is 1. The van der Waals surface area contributed by atoms with Crippen LogP contribution < -0.4 is 19.9 Å². The Morgan fingerprint density at radius 3 is 2.58 bits per heavy atom. The zero-order valence-corrected chi connectivity index (χ0v) is 20.1. The van der Waals surface area contributed by atoms with Crippen LogP contribution in [0.2, 0.25) is 0 Å². The maximum absolute atomic E-state index is 12.5. The molecule has 0 bridgehead atoms. The Labute approximate surface area is 199 Å². The SMILES string of the molecule is COc1cccc(NC(=O)CSc2nccnc2N2CCN(c3cc(C)ccc3C)CC2)c1. The van der Waals surface area contributed by atoms with Gasteiger partial charge in [-0.05, 0) is 43.2 Å². The number of piperazine rings is 1. The van der Waals surface area contributed by atoms with Crippen molar-refractivity contribution >= 4 is 34.9 Å². The standard InChI is InChI=1S/C25H29N5O2S/c1-18-7-8-19(2)22(15-18)29-11-13-30(14-12-29)24-25(27-10-9-26-24)33-17-23(31)28-20-5-4-6-21(16-20)32-3/h4-10,15-16H,11-14,17H2,1-3H3,(H,28,31). The molecule has 2 aromatic carbocycles. The molecule has 2 heterocycles. The number of thioether (sulfide) groups is 1. The lowest BCUT2D eigenvalue weighted by Gasteiger charge is -2.37. The van der Waals surface area contributed by atoms with Crippen molar-refractivity contribution in [3.63, 3.8) is 0 Å². The van der Waals surface area contributed by atoms with Gasteiger partial charge in [-0.1, -0.05) is 30.0 Å². The molecule has 1 aliphatic heterocycles. The predicted octanol–water partition coefficient (Wildman–Crippen LogP) is 4.16. The van der Waals surface area contributed by atoms with Gasteiger partial charge in [-0.2, -0.15) is 0 Å². The Morgan fingerprint density at radius 1 is 1.03 bits per heavy atom. The van der Waals surface area contributed by atoms with Gasteiger partial charge in [0.2, 0.25) is 5.91 Å². The van der Waals surface area contributed by atoms with Crippen molar-refractivity contribution in [3.05, 3.63) is 66.0 Å². The number of carbonyl (C=O) groups is 1. The molecule has 1 saturated heterocycles. The molecule has 8 heteroatoms. The molecule has 7 nitrogen and oxygen atoms in total. The lowest BCUT2D eigenvalue weighted by molar-refractivity contribution is -0.113. The first kappa shape index (κ1) is 22.9. The van der Waals surface area contributed by atoms with Crippen LogP contribution in [0.25, 0.3) is 0 Å². The number of amides is 1. The summed E-state index contributed by atoms with van der Waals surface area (Å²) >= 11 is 1.41. The maximum atomic E-state index is 12.5.